The number of amides is 1. The van der Waals surface area contributed by atoms with Crippen LogP contribution in [0.3, 0.4) is 0 Å². The summed E-state index contributed by atoms with van der Waals surface area (Å²) in [5.74, 6) is -0.444. The number of aryl methyl sites for hydroxylation is 2. The van der Waals surface area contributed by atoms with Gasteiger partial charge in [-0.3, -0.25) is 9.48 Å². The minimum absolute atomic E-state index is 0.313. The molecule has 3 rings (SSSR count). The van der Waals surface area contributed by atoms with E-state index in [0.29, 0.717) is 22.7 Å². The van der Waals surface area contributed by atoms with Crippen LogP contribution in [0.25, 0.3) is 11.1 Å². The van der Waals surface area contributed by atoms with Crippen molar-refractivity contribution in [3.8, 4) is 0 Å². The first-order valence-corrected chi connectivity index (χ1v) is 6.53. The maximum Gasteiger partial charge on any atom is 0.435 e. The quantitative estimate of drug-likeness (QED) is 0.786. The van der Waals surface area contributed by atoms with Crippen molar-refractivity contribution < 1.29 is 22.4 Å². The van der Waals surface area contributed by atoms with Crippen molar-refractivity contribution in [2.24, 2.45) is 7.05 Å². The molecule has 120 valence electrons. The number of carbonyl (C=O) groups excluding carboxylic acids is 1. The van der Waals surface area contributed by atoms with Crippen LogP contribution < -0.4 is 5.32 Å². The fraction of sp³-hybridized carbons (Fsp3) is 0.214. The van der Waals surface area contributed by atoms with E-state index in [1.807, 2.05) is 0 Å². The number of benzene rings is 1. The summed E-state index contributed by atoms with van der Waals surface area (Å²) >= 11 is 0. The third kappa shape index (κ3) is 2.89. The molecular formula is C14H11F3N4O2. The number of rotatable bonds is 2. The van der Waals surface area contributed by atoms with Crippen molar-refractivity contribution in [2.75, 3.05) is 5.32 Å². The topological polar surface area (TPSA) is 73.0 Å². The standard InChI is InChI=1S/C14H11F3N4O2/c1-7-18-10-5-8(3-4-11(10)23-7)19-13(22)9-6-21(2)20-12(9)14(15,16)17/h3-6H,1-2H3,(H,19,22). The predicted molar refractivity (Wildman–Crippen MR) is 74.9 cm³/mol. The van der Waals surface area contributed by atoms with E-state index < -0.39 is 23.3 Å². The molecule has 0 aliphatic rings. The van der Waals surface area contributed by atoms with E-state index in [4.69, 9.17) is 4.42 Å². The summed E-state index contributed by atoms with van der Waals surface area (Å²) in [7, 11) is 1.32. The van der Waals surface area contributed by atoms with Crippen molar-refractivity contribution >= 4 is 22.7 Å². The summed E-state index contributed by atoms with van der Waals surface area (Å²) in [6.07, 6.45) is -3.68. The Hall–Kier alpha value is -2.84. The van der Waals surface area contributed by atoms with Crippen LogP contribution in [0.2, 0.25) is 0 Å². The molecule has 0 saturated heterocycles. The number of carbonyl (C=O) groups is 1. The summed E-state index contributed by atoms with van der Waals surface area (Å²) in [6, 6.07) is 4.63. The highest BCUT2D eigenvalue weighted by Crippen LogP contribution is 2.31. The zero-order valence-corrected chi connectivity index (χ0v) is 12.1. The highest BCUT2D eigenvalue weighted by Gasteiger charge is 2.39. The number of nitrogens with zero attached hydrogens (tertiary/aromatic N) is 3. The average Bonchev–Trinajstić information content (AvgIpc) is 2.99. The third-order valence-corrected chi connectivity index (χ3v) is 3.09. The molecule has 1 N–H and O–H groups in total. The normalized spacial score (nSPS) is 11.9. The molecule has 0 bridgehead atoms. The summed E-state index contributed by atoms with van der Waals surface area (Å²) in [6.45, 7) is 1.67. The van der Waals surface area contributed by atoms with Crippen molar-refractivity contribution in [1.82, 2.24) is 14.8 Å². The fourth-order valence-corrected chi connectivity index (χ4v) is 2.18. The molecule has 2 aromatic heterocycles. The molecule has 0 aliphatic carbocycles. The Morgan fingerprint density at radius 2 is 2.09 bits per heavy atom. The largest absolute Gasteiger partial charge is 0.441 e. The van der Waals surface area contributed by atoms with Crippen LogP contribution in [0.4, 0.5) is 18.9 Å². The molecule has 0 spiro atoms. The van der Waals surface area contributed by atoms with Crippen LogP contribution in [0, 0.1) is 6.92 Å². The Bertz CT molecular complexity index is 895. The number of halogens is 3. The number of anilines is 1. The first kappa shape index (κ1) is 15.1. The van der Waals surface area contributed by atoms with Gasteiger partial charge < -0.3 is 9.73 Å². The van der Waals surface area contributed by atoms with Crippen LogP contribution >= 0.6 is 0 Å². The second-order valence-electron chi connectivity index (χ2n) is 4.93. The molecule has 23 heavy (non-hydrogen) atoms. The van der Waals surface area contributed by atoms with Crippen LogP contribution in [0.1, 0.15) is 21.9 Å². The number of fused-ring (bicyclic) bond motifs is 1. The van der Waals surface area contributed by atoms with Gasteiger partial charge in [0.1, 0.15) is 5.52 Å². The van der Waals surface area contributed by atoms with Gasteiger partial charge in [0, 0.05) is 25.9 Å². The molecule has 3 aromatic rings. The van der Waals surface area contributed by atoms with E-state index in [1.54, 1.807) is 13.0 Å². The third-order valence-electron chi connectivity index (χ3n) is 3.09. The van der Waals surface area contributed by atoms with Crippen molar-refractivity contribution in [3.63, 3.8) is 0 Å². The lowest BCUT2D eigenvalue weighted by Crippen LogP contribution is -2.17. The number of aromatic nitrogens is 3. The SMILES string of the molecule is Cc1nc2cc(NC(=O)c3cn(C)nc3C(F)(F)F)ccc2o1. The molecule has 0 atom stereocenters. The minimum atomic E-state index is -4.71. The van der Waals surface area contributed by atoms with Crippen molar-refractivity contribution in [3.05, 3.63) is 41.5 Å². The van der Waals surface area contributed by atoms with Gasteiger partial charge in [-0.1, -0.05) is 0 Å². The molecule has 6 nitrogen and oxygen atoms in total. The summed E-state index contributed by atoms with van der Waals surface area (Å²) in [4.78, 5) is 16.2. The van der Waals surface area contributed by atoms with E-state index in [9.17, 15) is 18.0 Å². The monoisotopic (exact) mass is 324 g/mol. The van der Waals surface area contributed by atoms with Crippen molar-refractivity contribution in [1.29, 1.82) is 0 Å². The van der Waals surface area contributed by atoms with Crippen LogP contribution in [-0.2, 0) is 13.2 Å². The lowest BCUT2D eigenvalue weighted by atomic mass is 10.2. The lowest BCUT2D eigenvalue weighted by molar-refractivity contribution is -0.141. The van der Waals surface area contributed by atoms with E-state index in [2.05, 4.69) is 15.4 Å². The summed E-state index contributed by atoms with van der Waals surface area (Å²) in [5, 5.41) is 5.71. The zero-order chi connectivity index (χ0) is 16.8. The van der Waals surface area contributed by atoms with Crippen LogP contribution in [0.5, 0.6) is 0 Å². The van der Waals surface area contributed by atoms with Gasteiger partial charge in [0.05, 0.1) is 5.56 Å². The molecule has 0 aliphatic heterocycles. The number of oxazole rings is 1. The average molecular weight is 324 g/mol. The van der Waals surface area contributed by atoms with Gasteiger partial charge in [0.25, 0.3) is 5.91 Å². The Morgan fingerprint density at radius 1 is 1.35 bits per heavy atom. The van der Waals surface area contributed by atoms with Gasteiger partial charge >= 0.3 is 6.18 Å². The summed E-state index contributed by atoms with van der Waals surface area (Å²) < 4.78 is 44.9. The lowest BCUT2D eigenvalue weighted by Gasteiger charge is -2.07. The molecule has 0 saturated carbocycles. The predicted octanol–water partition coefficient (Wildman–Crippen LogP) is 3.14. The molecule has 1 aromatic carbocycles. The smallest absolute Gasteiger partial charge is 0.435 e. The molecule has 9 heteroatoms. The Kier molecular flexibility index (Phi) is 3.35. The van der Waals surface area contributed by atoms with E-state index in [1.165, 1.54) is 19.2 Å². The van der Waals surface area contributed by atoms with Crippen LogP contribution in [-0.4, -0.2) is 20.7 Å². The molecule has 1 amide bonds. The highest BCUT2D eigenvalue weighted by molar-refractivity contribution is 6.05. The highest BCUT2D eigenvalue weighted by atomic mass is 19.4. The van der Waals surface area contributed by atoms with Gasteiger partial charge in [-0.15, -0.1) is 0 Å². The number of hydrogen-bond donors (Lipinski definition) is 1. The second-order valence-corrected chi connectivity index (χ2v) is 4.93. The molecule has 0 fully saturated rings. The number of nitrogens with one attached hydrogen (secondary N) is 1. The number of hydrogen-bond acceptors (Lipinski definition) is 4. The van der Waals surface area contributed by atoms with Gasteiger partial charge in [-0.05, 0) is 18.2 Å². The van der Waals surface area contributed by atoms with E-state index in [0.717, 1.165) is 10.9 Å². The molecule has 0 unspecified atom stereocenters. The van der Waals surface area contributed by atoms with Crippen LogP contribution in [0.15, 0.2) is 28.8 Å². The van der Waals surface area contributed by atoms with Gasteiger partial charge in [0.2, 0.25) is 0 Å². The Labute approximate surface area is 127 Å². The minimum Gasteiger partial charge on any atom is -0.441 e. The molecular weight excluding hydrogens is 313 g/mol. The maximum absolute atomic E-state index is 12.9. The molecule has 2 heterocycles. The van der Waals surface area contributed by atoms with Gasteiger partial charge in [0.15, 0.2) is 17.2 Å². The Morgan fingerprint density at radius 3 is 2.78 bits per heavy atom. The maximum atomic E-state index is 12.9. The Balaban J connectivity index is 1.91. The van der Waals surface area contributed by atoms with Gasteiger partial charge in [-0.25, -0.2) is 4.98 Å². The van der Waals surface area contributed by atoms with E-state index in [-0.39, 0.29) is 0 Å². The zero-order valence-electron chi connectivity index (χ0n) is 12.1. The van der Waals surface area contributed by atoms with Gasteiger partial charge in [-0.2, -0.15) is 18.3 Å². The number of alkyl halides is 3. The first-order valence-electron chi connectivity index (χ1n) is 6.53. The second kappa shape index (κ2) is 5.11. The fourth-order valence-electron chi connectivity index (χ4n) is 2.18. The summed E-state index contributed by atoms with van der Waals surface area (Å²) in [5.41, 5.74) is -0.430. The van der Waals surface area contributed by atoms with E-state index >= 15 is 0 Å². The molecule has 0 radical (unpaired) electrons. The van der Waals surface area contributed by atoms with Crippen molar-refractivity contribution in [2.45, 2.75) is 13.1 Å². The first-order chi connectivity index (χ1) is 10.7.